The number of alkyl halides is 3. The molecule has 0 saturated heterocycles. The number of carbonyl (C=O) groups excluding carboxylic acids is 2. The van der Waals surface area contributed by atoms with Crippen LogP contribution in [0.25, 0.3) is 0 Å². The van der Waals surface area contributed by atoms with E-state index in [1.54, 1.807) is 12.2 Å². The lowest BCUT2D eigenvalue weighted by molar-refractivity contribution is -0.142. The van der Waals surface area contributed by atoms with Crippen LogP contribution in [0.4, 0.5) is 13.2 Å². The molecule has 0 saturated carbocycles. The van der Waals surface area contributed by atoms with Gasteiger partial charge >= 0.3 is 6.18 Å². The maximum absolute atomic E-state index is 11.9. The van der Waals surface area contributed by atoms with Crippen molar-refractivity contribution in [2.45, 2.75) is 25.9 Å². The summed E-state index contributed by atoms with van der Waals surface area (Å²) in [6, 6.07) is 0. The van der Waals surface area contributed by atoms with Crippen LogP contribution < -0.4 is 11.1 Å². The predicted octanol–water partition coefficient (Wildman–Crippen LogP) is 0.498. The van der Waals surface area contributed by atoms with Crippen molar-refractivity contribution in [3.63, 3.8) is 0 Å². The fourth-order valence-electron chi connectivity index (χ4n) is 1.47. The van der Waals surface area contributed by atoms with E-state index in [9.17, 15) is 22.8 Å². The number of halogens is 3. The van der Waals surface area contributed by atoms with E-state index >= 15 is 0 Å². The van der Waals surface area contributed by atoms with E-state index in [2.05, 4.69) is 0 Å². The van der Waals surface area contributed by atoms with Crippen LogP contribution in [-0.2, 0) is 9.59 Å². The average Bonchev–Trinajstić information content (AvgIpc) is 2.31. The molecule has 0 heterocycles. The van der Waals surface area contributed by atoms with Crippen LogP contribution in [0.15, 0.2) is 0 Å². The van der Waals surface area contributed by atoms with Crippen LogP contribution in [0.5, 0.6) is 0 Å². The van der Waals surface area contributed by atoms with Gasteiger partial charge in [0.05, 0.1) is 6.54 Å². The molecular formula is C11H20F3N3O2. The molecule has 1 unspecified atom stereocenters. The molecule has 19 heavy (non-hydrogen) atoms. The molecule has 2 amide bonds. The molecule has 0 spiro atoms. The van der Waals surface area contributed by atoms with Gasteiger partial charge in [0.1, 0.15) is 6.54 Å². The van der Waals surface area contributed by atoms with E-state index in [4.69, 9.17) is 5.73 Å². The minimum Gasteiger partial charge on any atom is -0.345 e. The molecule has 3 N–H and O–H groups in total. The molecule has 0 aromatic carbocycles. The number of nitrogens with one attached hydrogen (secondary N) is 1. The number of nitrogens with zero attached hydrogens (tertiary/aromatic N) is 1. The Morgan fingerprint density at radius 1 is 1.37 bits per heavy atom. The number of nitrogens with two attached hydrogens (primary N) is 1. The molecule has 0 aliphatic rings. The molecule has 0 aromatic heterocycles. The van der Waals surface area contributed by atoms with Gasteiger partial charge in [-0.25, -0.2) is 0 Å². The van der Waals surface area contributed by atoms with Gasteiger partial charge in [-0.2, -0.15) is 13.2 Å². The summed E-state index contributed by atoms with van der Waals surface area (Å²) in [5, 5.41) is 1.71. The van der Waals surface area contributed by atoms with Gasteiger partial charge in [-0.05, 0) is 19.4 Å². The number of hydrogen-bond acceptors (Lipinski definition) is 3. The quantitative estimate of drug-likeness (QED) is 0.714. The number of rotatable bonds is 7. The zero-order chi connectivity index (χ0) is 15.1. The van der Waals surface area contributed by atoms with Crippen molar-refractivity contribution in [2.75, 3.05) is 26.7 Å². The molecule has 112 valence electrons. The van der Waals surface area contributed by atoms with E-state index in [1.807, 2.05) is 0 Å². The highest BCUT2D eigenvalue weighted by Gasteiger charge is 2.28. The second-order valence-electron chi connectivity index (χ2n) is 4.42. The summed E-state index contributed by atoms with van der Waals surface area (Å²) in [4.78, 5) is 24.1. The molecule has 0 aliphatic carbocycles. The Balaban J connectivity index is 4.10. The largest absolute Gasteiger partial charge is 0.405 e. The van der Waals surface area contributed by atoms with E-state index in [-0.39, 0.29) is 18.4 Å². The van der Waals surface area contributed by atoms with Gasteiger partial charge in [0.25, 0.3) is 0 Å². The third-order valence-corrected chi connectivity index (χ3v) is 2.51. The standard InChI is InChI=1S/C11H20F3N3O2/c1-8(4-3-5-15)10(19)17(2)6-9(18)16-7-11(12,13)14/h8H,3-7,15H2,1-2H3,(H,16,18). The minimum absolute atomic E-state index is 0.282. The first-order valence-corrected chi connectivity index (χ1v) is 5.96. The van der Waals surface area contributed by atoms with Gasteiger partial charge < -0.3 is 16.0 Å². The Morgan fingerprint density at radius 2 is 1.95 bits per heavy atom. The molecule has 5 nitrogen and oxygen atoms in total. The molecule has 0 fully saturated rings. The Bertz CT molecular complexity index is 308. The normalized spacial score (nSPS) is 12.9. The van der Waals surface area contributed by atoms with Gasteiger partial charge in [0.2, 0.25) is 11.8 Å². The molecular weight excluding hydrogens is 263 g/mol. The number of amides is 2. The van der Waals surface area contributed by atoms with Gasteiger partial charge in [-0.1, -0.05) is 6.92 Å². The molecule has 0 bridgehead atoms. The van der Waals surface area contributed by atoms with Gasteiger partial charge in [-0.15, -0.1) is 0 Å². The highest BCUT2D eigenvalue weighted by molar-refractivity contribution is 5.85. The Labute approximate surface area is 110 Å². The highest BCUT2D eigenvalue weighted by Crippen LogP contribution is 2.12. The first kappa shape index (κ1) is 17.7. The average molecular weight is 283 g/mol. The van der Waals surface area contributed by atoms with Crippen molar-refractivity contribution >= 4 is 11.8 Å². The maximum Gasteiger partial charge on any atom is 0.405 e. The van der Waals surface area contributed by atoms with Gasteiger partial charge in [0.15, 0.2) is 0 Å². The molecule has 0 aliphatic heterocycles. The molecule has 0 radical (unpaired) electrons. The predicted molar refractivity (Wildman–Crippen MR) is 64.2 cm³/mol. The lowest BCUT2D eigenvalue weighted by Gasteiger charge is -2.21. The highest BCUT2D eigenvalue weighted by atomic mass is 19.4. The topological polar surface area (TPSA) is 75.4 Å². The summed E-state index contributed by atoms with van der Waals surface area (Å²) in [7, 11) is 1.38. The molecule has 1 atom stereocenters. The first-order valence-electron chi connectivity index (χ1n) is 5.96. The lowest BCUT2D eigenvalue weighted by atomic mass is 10.0. The summed E-state index contributed by atoms with van der Waals surface area (Å²) in [6.45, 7) is 0.383. The SMILES string of the molecule is CC(CCCN)C(=O)N(C)CC(=O)NCC(F)(F)F. The Hall–Kier alpha value is -1.31. The Morgan fingerprint density at radius 3 is 2.42 bits per heavy atom. The minimum atomic E-state index is -4.45. The van der Waals surface area contributed by atoms with E-state index in [1.165, 1.54) is 7.05 Å². The van der Waals surface area contributed by atoms with Crippen LogP contribution in [0.1, 0.15) is 19.8 Å². The van der Waals surface area contributed by atoms with E-state index in [0.717, 1.165) is 4.90 Å². The van der Waals surface area contributed by atoms with Crippen LogP contribution in [0.2, 0.25) is 0 Å². The van der Waals surface area contributed by atoms with Crippen molar-refractivity contribution in [1.29, 1.82) is 0 Å². The van der Waals surface area contributed by atoms with E-state index in [0.29, 0.717) is 19.4 Å². The van der Waals surface area contributed by atoms with Crippen molar-refractivity contribution in [3.05, 3.63) is 0 Å². The third-order valence-electron chi connectivity index (χ3n) is 2.51. The number of hydrogen-bond donors (Lipinski definition) is 2. The summed E-state index contributed by atoms with van der Waals surface area (Å²) < 4.78 is 35.6. The first-order chi connectivity index (χ1) is 8.67. The summed E-state index contributed by atoms with van der Waals surface area (Å²) >= 11 is 0. The maximum atomic E-state index is 11.9. The number of carbonyl (C=O) groups is 2. The summed E-state index contributed by atoms with van der Waals surface area (Å²) in [6.07, 6.45) is -3.18. The fourth-order valence-corrected chi connectivity index (χ4v) is 1.47. The van der Waals surface area contributed by atoms with Crippen molar-refractivity contribution in [1.82, 2.24) is 10.2 Å². The monoisotopic (exact) mass is 283 g/mol. The second kappa shape index (κ2) is 7.98. The lowest BCUT2D eigenvalue weighted by Crippen LogP contribution is -2.43. The van der Waals surface area contributed by atoms with Crippen LogP contribution in [-0.4, -0.2) is 49.6 Å². The van der Waals surface area contributed by atoms with Gasteiger partial charge in [0, 0.05) is 13.0 Å². The van der Waals surface area contributed by atoms with Crippen LogP contribution >= 0.6 is 0 Å². The fraction of sp³-hybridized carbons (Fsp3) is 0.818. The summed E-state index contributed by atoms with van der Waals surface area (Å²) in [5.74, 6) is -1.42. The Kier molecular flexibility index (Phi) is 7.43. The molecule has 0 aromatic rings. The zero-order valence-corrected chi connectivity index (χ0v) is 11.1. The zero-order valence-electron chi connectivity index (χ0n) is 11.1. The van der Waals surface area contributed by atoms with Crippen LogP contribution in [0, 0.1) is 5.92 Å². The van der Waals surface area contributed by atoms with Crippen molar-refractivity contribution < 1.29 is 22.8 Å². The van der Waals surface area contributed by atoms with Crippen LogP contribution in [0.3, 0.4) is 0 Å². The smallest absolute Gasteiger partial charge is 0.345 e. The van der Waals surface area contributed by atoms with E-state index < -0.39 is 18.6 Å². The third kappa shape index (κ3) is 8.41. The number of likely N-dealkylation sites (N-methyl/N-ethyl adjacent to an activating group) is 1. The molecule has 0 rings (SSSR count). The van der Waals surface area contributed by atoms with Crippen molar-refractivity contribution in [3.8, 4) is 0 Å². The molecule has 8 heteroatoms. The van der Waals surface area contributed by atoms with Crippen molar-refractivity contribution in [2.24, 2.45) is 11.7 Å². The van der Waals surface area contributed by atoms with Gasteiger partial charge in [-0.3, -0.25) is 9.59 Å². The summed E-state index contributed by atoms with van der Waals surface area (Å²) in [5.41, 5.74) is 5.32. The second-order valence-corrected chi connectivity index (χ2v) is 4.42.